The molecule has 1 aromatic heterocycles. The molecule has 0 aliphatic rings. The number of hydrogen-bond acceptors (Lipinski definition) is 4. The lowest BCUT2D eigenvalue weighted by atomic mass is 9.98. The molecule has 1 rings (SSSR count). The maximum absolute atomic E-state index is 11.8. The first-order chi connectivity index (χ1) is 7.91. The van der Waals surface area contributed by atoms with Crippen LogP contribution in [0.15, 0.2) is 17.2 Å². The lowest BCUT2D eigenvalue weighted by Crippen LogP contribution is -2.45. The van der Waals surface area contributed by atoms with Gasteiger partial charge in [-0.3, -0.25) is 9.36 Å². The molecule has 0 saturated heterocycles. The number of hydrogen-bond donors (Lipinski definition) is 1. The zero-order valence-corrected chi connectivity index (χ0v) is 10.1. The molecule has 1 atom stereocenters. The number of rotatable bonds is 5. The van der Waals surface area contributed by atoms with Gasteiger partial charge in [0, 0.05) is 31.9 Å². The van der Waals surface area contributed by atoms with Gasteiger partial charge in [0.2, 0.25) is 0 Å². The molecule has 0 aliphatic carbocycles. The summed E-state index contributed by atoms with van der Waals surface area (Å²) in [6, 6.07) is 1.31. The van der Waals surface area contributed by atoms with Crippen molar-refractivity contribution in [1.29, 1.82) is 0 Å². The van der Waals surface area contributed by atoms with Crippen LogP contribution < -0.4 is 5.56 Å². The third kappa shape index (κ3) is 2.71. The summed E-state index contributed by atoms with van der Waals surface area (Å²) in [6.45, 7) is 3.41. The number of carbonyl (C=O) groups is 1. The molecule has 6 heteroatoms. The molecule has 0 aromatic carbocycles. The van der Waals surface area contributed by atoms with Gasteiger partial charge in [0.15, 0.2) is 0 Å². The predicted octanol–water partition coefficient (Wildman–Crippen LogP) is 0.388. The van der Waals surface area contributed by atoms with Gasteiger partial charge in [0.05, 0.1) is 6.33 Å². The van der Waals surface area contributed by atoms with E-state index in [0.717, 1.165) is 4.57 Å². The van der Waals surface area contributed by atoms with Crippen LogP contribution in [0.4, 0.5) is 0 Å². The quantitative estimate of drug-likeness (QED) is 0.805. The smallest absolute Gasteiger partial charge is 0.329 e. The van der Waals surface area contributed by atoms with Crippen LogP contribution in [0.25, 0.3) is 0 Å². The Bertz CT molecular complexity index is 469. The van der Waals surface area contributed by atoms with E-state index < -0.39 is 11.5 Å². The summed E-state index contributed by atoms with van der Waals surface area (Å²) in [5, 5.41) is 9.26. The van der Waals surface area contributed by atoms with Crippen molar-refractivity contribution in [2.45, 2.75) is 25.8 Å². The van der Waals surface area contributed by atoms with Crippen molar-refractivity contribution in [3.8, 4) is 0 Å². The first-order valence-electron chi connectivity index (χ1n) is 5.20. The Balaban J connectivity index is 3.22. The largest absolute Gasteiger partial charge is 0.479 e. The summed E-state index contributed by atoms with van der Waals surface area (Å²) in [5.41, 5.74) is -1.16. The second-order valence-electron chi connectivity index (χ2n) is 4.06. The number of carboxylic acids is 1. The molecule has 94 valence electrons. The number of carboxylic acid groups (broad SMARTS) is 1. The minimum atomic E-state index is -1.34. The van der Waals surface area contributed by atoms with E-state index in [9.17, 15) is 14.7 Å². The Labute approximate surface area is 98.9 Å². The standard InChI is InChI=1S/C11H16N2O4/c1-8-6-9(14)13(7-12-8)11(2,10(15)16)4-5-17-3/h6-7H,4-5H2,1-3H3,(H,15,16). The van der Waals surface area contributed by atoms with Crippen LogP contribution in [-0.4, -0.2) is 34.3 Å². The van der Waals surface area contributed by atoms with Gasteiger partial charge in [0.1, 0.15) is 5.54 Å². The van der Waals surface area contributed by atoms with Gasteiger partial charge in [-0.1, -0.05) is 0 Å². The molecule has 0 fully saturated rings. The molecular formula is C11H16N2O4. The third-order valence-electron chi connectivity index (χ3n) is 2.73. The maximum atomic E-state index is 11.8. The Morgan fingerprint density at radius 3 is 2.76 bits per heavy atom. The van der Waals surface area contributed by atoms with Crippen molar-refractivity contribution in [3.05, 3.63) is 28.4 Å². The van der Waals surface area contributed by atoms with Crippen LogP contribution in [0.5, 0.6) is 0 Å². The monoisotopic (exact) mass is 240 g/mol. The van der Waals surface area contributed by atoms with Gasteiger partial charge in [-0.05, 0) is 13.8 Å². The van der Waals surface area contributed by atoms with Gasteiger partial charge in [-0.2, -0.15) is 0 Å². The van der Waals surface area contributed by atoms with Crippen LogP contribution in [0.3, 0.4) is 0 Å². The Kier molecular flexibility index (Phi) is 4.01. The fourth-order valence-corrected chi connectivity index (χ4v) is 1.49. The van der Waals surface area contributed by atoms with Crippen LogP contribution in [0.2, 0.25) is 0 Å². The lowest BCUT2D eigenvalue weighted by Gasteiger charge is -2.26. The fraction of sp³-hybridized carbons (Fsp3) is 0.545. The van der Waals surface area contributed by atoms with E-state index in [2.05, 4.69) is 4.98 Å². The second-order valence-corrected chi connectivity index (χ2v) is 4.06. The van der Waals surface area contributed by atoms with E-state index in [1.54, 1.807) is 6.92 Å². The van der Waals surface area contributed by atoms with Crippen molar-refractivity contribution in [3.63, 3.8) is 0 Å². The van der Waals surface area contributed by atoms with Crippen LogP contribution in [0, 0.1) is 6.92 Å². The molecule has 0 radical (unpaired) electrons. The summed E-state index contributed by atoms with van der Waals surface area (Å²) in [5.74, 6) is -1.08. The molecule has 0 saturated carbocycles. The molecule has 17 heavy (non-hydrogen) atoms. The number of aryl methyl sites for hydroxylation is 1. The molecule has 6 nitrogen and oxygen atoms in total. The van der Waals surface area contributed by atoms with E-state index >= 15 is 0 Å². The summed E-state index contributed by atoms with van der Waals surface area (Å²) < 4.78 is 6.00. The summed E-state index contributed by atoms with van der Waals surface area (Å²) in [7, 11) is 1.48. The van der Waals surface area contributed by atoms with Crippen molar-refractivity contribution < 1.29 is 14.6 Å². The predicted molar refractivity (Wildman–Crippen MR) is 61.0 cm³/mol. The van der Waals surface area contributed by atoms with Crippen LogP contribution in [-0.2, 0) is 15.1 Å². The van der Waals surface area contributed by atoms with Gasteiger partial charge < -0.3 is 9.84 Å². The lowest BCUT2D eigenvalue weighted by molar-refractivity contribution is -0.147. The number of methoxy groups -OCH3 is 1. The fourth-order valence-electron chi connectivity index (χ4n) is 1.49. The van der Waals surface area contributed by atoms with Crippen molar-refractivity contribution in [2.24, 2.45) is 0 Å². The molecule has 0 aliphatic heterocycles. The molecule has 1 unspecified atom stereocenters. The molecule has 0 spiro atoms. The minimum Gasteiger partial charge on any atom is -0.479 e. The summed E-state index contributed by atoms with van der Waals surface area (Å²) in [6.07, 6.45) is 1.46. The highest BCUT2D eigenvalue weighted by Crippen LogP contribution is 2.18. The average molecular weight is 240 g/mol. The summed E-state index contributed by atoms with van der Waals surface area (Å²) in [4.78, 5) is 27.1. The van der Waals surface area contributed by atoms with Crippen molar-refractivity contribution in [1.82, 2.24) is 9.55 Å². The SMILES string of the molecule is COCCC(C)(C(=O)O)n1cnc(C)cc1=O. The maximum Gasteiger partial charge on any atom is 0.329 e. The third-order valence-corrected chi connectivity index (χ3v) is 2.73. The first kappa shape index (κ1) is 13.4. The van der Waals surface area contributed by atoms with Gasteiger partial charge >= 0.3 is 5.97 Å². The van der Waals surface area contributed by atoms with Crippen LogP contribution >= 0.6 is 0 Å². The highest BCUT2D eigenvalue weighted by Gasteiger charge is 2.35. The zero-order valence-electron chi connectivity index (χ0n) is 10.1. The van der Waals surface area contributed by atoms with Gasteiger partial charge in [0.25, 0.3) is 5.56 Å². The summed E-state index contributed by atoms with van der Waals surface area (Å²) >= 11 is 0. The molecular weight excluding hydrogens is 224 g/mol. The number of ether oxygens (including phenoxy) is 1. The molecule has 1 aromatic rings. The molecule has 1 N–H and O–H groups in total. The normalized spacial score (nSPS) is 14.3. The van der Waals surface area contributed by atoms with Crippen LogP contribution in [0.1, 0.15) is 19.0 Å². The van der Waals surface area contributed by atoms with Gasteiger partial charge in [-0.25, -0.2) is 9.78 Å². The van der Waals surface area contributed by atoms with Crippen molar-refractivity contribution >= 4 is 5.97 Å². The number of aromatic nitrogens is 2. The molecule has 0 amide bonds. The first-order valence-corrected chi connectivity index (χ1v) is 5.20. The average Bonchev–Trinajstić information content (AvgIpc) is 2.25. The van der Waals surface area contributed by atoms with Gasteiger partial charge in [-0.15, -0.1) is 0 Å². The topological polar surface area (TPSA) is 81.4 Å². The number of nitrogens with zero attached hydrogens (tertiary/aromatic N) is 2. The Hall–Kier alpha value is -1.69. The number of aliphatic carboxylic acids is 1. The zero-order chi connectivity index (χ0) is 13.1. The van der Waals surface area contributed by atoms with E-state index in [-0.39, 0.29) is 18.6 Å². The molecule has 0 bridgehead atoms. The Morgan fingerprint density at radius 2 is 2.29 bits per heavy atom. The molecule has 1 heterocycles. The van der Waals surface area contributed by atoms with E-state index in [0.29, 0.717) is 5.69 Å². The van der Waals surface area contributed by atoms with E-state index in [1.807, 2.05) is 0 Å². The van der Waals surface area contributed by atoms with Crippen molar-refractivity contribution in [2.75, 3.05) is 13.7 Å². The Morgan fingerprint density at radius 1 is 1.65 bits per heavy atom. The van der Waals surface area contributed by atoms with E-state index in [1.165, 1.54) is 26.4 Å². The second kappa shape index (κ2) is 5.09. The van der Waals surface area contributed by atoms with E-state index in [4.69, 9.17) is 4.74 Å². The minimum absolute atomic E-state index is 0.198. The highest BCUT2D eigenvalue weighted by molar-refractivity contribution is 5.76. The highest BCUT2D eigenvalue weighted by atomic mass is 16.5.